The lowest BCUT2D eigenvalue weighted by Crippen LogP contribution is -2.35. The number of ether oxygens (including phenoxy) is 1. The first kappa shape index (κ1) is 21.4. The largest absolute Gasteiger partial charge is 0.389 e. The molecule has 0 saturated carbocycles. The molecule has 0 rings (SSSR count). The van der Waals surface area contributed by atoms with Crippen LogP contribution in [-0.4, -0.2) is 48.8 Å². The number of hydrogen-bond acceptors (Lipinski definition) is 3. The monoisotopic (exact) mass is 315 g/mol. The third-order valence-corrected chi connectivity index (χ3v) is 3.97. The van der Waals surface area contributed by atoms with Gasteiger partial charge in [-0.2, -0.15) is 0 Å². The van der Waals surface area contributed by atoms with Crippen molar-refractivity contribution in [2.24, 2.45) is 0 Å². The Labute approximate surface area is 137 Å². The van der Waals surface area contributed by atoms with Crippen LogP contribution in [0.25, 0.3) is 0 Å². The molecule has 0 bridgehead atoms. The van der Waals surface area contributed by atoms with E-state index in [9.17, 15) is 9.90 Å². The van der Waals surface area contributed by atoms with E-state index in [1.807, 2.05) is 0 Å². The van der Waals surface area contributed by atoms with Gasteiger partial charge in [0.15, 0.2) is 0 Å². The molecule has 0 saturated heterocycles. The van der Waals surface area contributed by atoms with Crippen LogP contribution in [-0.2, 0) is 9.53 Å². The van der Waals surface area contributed by atoms with Gasteiger partial charge in [0.2, 0.25) is 5.91 Å². The van der Waals surface area contributed by atoms with E-state index in [-0.39, 0.29) is 5.91 Å². The second-order valence-corrected chi connectivity index (χ2v) is 6.31. The van der Waals surface area contributed by atoms with Gasteiger partial charge in [-0.25, -0.2) is 0 Å². The number of carbonyl (C=O) groups is 1. The summed E-state index contributed by atoms with van der Waals surface area (Å²) in [6.45, 7) is 5.11. The van der Waals surface area contributed by atoms with Gasteiger partial charge < -0.3 is 14.7 Å². The van der Waals surface area contributed by atoms with E-state index >= 15 is 0 Å². The number of amides is 1. The highest BCUT2D eigenvalue weighted by Gasteiger charge is 2.09. The van der Waals surface area contributed by atoms with E-state index in [0.29, 0.717) is 19.8 Å². The quantitative estimate of drug-likeness (QED) is 0.468. The van der Waals surface area contributed by atoms with Crippen molar-refractivity contribution in [1.29, 1.82) is 0 Å². The molecule has 22 heavy (non-hydrogen) atoms. The minimum Gasteiger partial charge on any atom is -0.389 e. The minimum atomic E-state index is -0.586. The van der Waals surface area contributed by atoms with Crippen molar-refractivity contribution in [2.45, 2.75) is 84.2 Å². The maximum absolute atomic E-state index is 11.0. The number of unbranched alkanes of at least 4 members (excludes halogenated alkanes) is 9. The predicted molar refractivity (Wildman–Crippen MR) is 92.0 cm³/mol. The summed E-state index contributed by atoms with van der Waals surface area (Å²) < 4.78 is 5.46. The Morgan fingerprint density at radius 2 is 1.50 bits per heavy atom. The van der Waals surface area contributed by atoms with Crippen LogP contribution in [0.4, 0.5) is 0 Å². The molecule has 0 fully saturated rings. The van der Waals surface area contributed by atoms with Gasteiger partial charge >= 0.3 is 0 Å². The zero-order valence-electron chi connectivity index (χ0n) is 15.0. The van der Waals surface area contributed by atoms with Crippen molar-refractivity contribution in [1.82, 2.24) is 4.90 Å². The SMILES string of the molecule is CCCCCCCCCCCCOCC(O)CN(C)C(C)=O. The van der Waals surface area contributed by atoms with Gasteiger partial charge in [-0.3, -0.25) is 4.79 Å². The maximum atomic E-state index is 11.0. The molecule has 0 aliphatic carbocycles. The van der Waals surface area contributed by atoms with Crippen LogP contribution in [0, 0.1) is 0 Å². The summed E-state index contributed by atoms with van der Waals surface area (Å²) in [5, 5.41) is 9.71. The van der Waals surface area contributed by atoms with Crippen LogP contribution in [0.1, 0.15) is 78.1 Å². The average Bonchev–Trinajstić information content (AvgIpc) is 2.48. The second-order valence-electron chi connectivity index (χ2n) is 6.31. The van der Waals surface area contributed by atoms with Crippen LogP contribution < -0.4 is 0 Å². The van der Waals surface area contributed by atoms with Gasteiger partial charge in [0.25, 0.3) is 0 Å². The molecule has 4 heteroatoms. The molecule has 132 valence electrons. The number of nitrogens with zero attached hydrogens (tertiary/aromatic N) is 1. The molecule has 1 amide bonds. The van der Waals surface area contributed by atoms with Crippen molar-refractivity contribution < 1.29 is 14.6 Å². The van der Waals surface area contributed by atoms with Crippen LogP contribution in [0.15, 0.2) is 0 Å². The Kier molecular flexibility index (Phi) is 14.9. The summed E-state index contributed by atoms with van der Waals surface area (Å²) in [6, 6.07) is 0. The second kappa shape index (κ2) is 15.3. The molecule has 0 spiro atoms. The van der Waals surface area contributed by atoms with Gasteiger partial charge in [0.05, 0.1) is 12.7 Å². The molecule has 1 N–H and O–H groups in total. The lowest BCUT2D eigenvalue weighted by Gasteiger charge is -2.19. The fourth-order valence-corrected chi connectivity index (χ4v) is 2.41. The molecule has 0 aromatic carbocycles. The number of carbonyl (C=O) groups excluding carboxylic acids is 1. The fourth-order valence-electron chi connectivity index (χ4n) is 2.41. The van der Waals surface area contributed by atoms with Crippen molar-refractivity contribution in [3.8, 4) is 0 Å². The summed E-state index contributed by atoms with van der Waals surface area (Å²) in [4.78, 5) is 12.5. The van der Waals surface area contributed by atoms with Crippen molar-refractivity contribution >= 4 is 5.91 Å². The number of likely N-dealkylation sites (N-methyl/N-ethyl adjacent to an activating group) is 1. The molecule has 4 nitrogen and oxygen atoms in total. The van der Waals surface area contributed by atoms with Crippen LogP contribution in [0.3, 0.4) is 0 Å². The third-order valence-electron chi connectivity index (χ3n) is 3.97. The smallest absolute Gasteiger partial charge is 0.219 e. The summed E-state index contributed by atoms with van der Waals surface area (Å²) in [5.41, 5.74) is 0. The Morgan fingerprint density at radius 1 is 1.00 bits per heavy atom. The highest BCUT2D eigenvalue weighted by atomic mass is 16.5. The first-order valence-electron chi connectivity index (χ1n) is 9.05. The standard InChI is InChI=1S/C18H37NO3/c1-4-5-6-7-8-9-10-11-12-13-14-22-16-18(21)15-19(3)17(2)20/h18,21H,4-16H2,1-3H3. The van der Waals surface area contributed by atoms with Gasteiger partial charge in [0, 0.05) is 27.1 Å². The van der Waals surface area contributed by atoms with Crippen molar-refractivity contribution in [3.63, 3.8) is 0 Å². The maximum Gasteiger partial charge on any atom is 0.219 e. The van der Waals surface area contributed by atoms with Crippen LogP contribution in [0.5, 0.6) is 0 Å². The predicted octanol–water partition coefficient (Wildman–Crippen LogP) is 3.76. The molecule has 0 aliphatic heterocycles. The average molecular weight is 315 g/mol. The topological polar surface area (TPSA) is 49.8 Å². The Hall–Kier alpha value is -0.610. The first-order valence-corrected chi connectivity index (χ1v) is 9.05. The first-order chi connectivity index (χ1) is 10.6. The summed E-state index contributed by atoms with van der Waals surface area (Å²) in [7, 11) is 1.69. The lowest BCUT2D eigenvalue weighted by molar-refractivity contribution is -0.129. The fraction of sp³-hybridized carbons (Fsp3) is 0.944. The molecule has 0 aromatic rings. The molecule has 0 aromatic heterocycles. The van der Waals surface area contributed by atoms with E-state index in [0.717, 1.165) is 6.42 Å². The molecule has 0 radical (unpaired) electrons. The van der Waals surface area contributed by atoms with Gasteiger partial charge in [-0.1, -0.05) is 64.7 Å². The molecule has 0 heterocycles. The summed E-state index contributed by atoms with van der Waals surface area (Å²) >= 11 is 0. The van der Waals surface area contributed by atoms with E-state index in [1.54, 1.807) is 7.05 Å². The molecule has 0 aliphatic rings. The minimum absolute atomic E-state index is 0.0336. The summed E-state index contributed by atoms with van der Waals surface area (Å²) in [6.07, 6.45) is 12.5. The lowest BCUT2D eigenvalue weighted by atomic mass is 10.1. The van der Waals surface area contributed by atoms with E-state index in [1.165, 1.54) is 69.6 Å². The molecule has 1 unspecified atom stereocenters. The van der Waals surface area contributed by atoms with E-state index in [2.05, 4.69) is 6.92 Å². The third kappa shape index (κ3) is 14.3. The highest BCUT2D eigenvalue weighted by molar-refractivity contribution is 5.72. The summed E-state index contributed by atoms with van der Waals surface area (Å²) in [5.74, 6) is -0.0336. The van der Waals surface area contributed by atoms with Crippen molar-refractivity contribution in [2.75, 3.05) is 26.8 Å². The van der Waals surface area contributed by atoms with Crippen LogP contribution in [0.2, 0.25) is 0 Å². The van der Waals surface area contributed by atoms with Crippen LogP contribution >= 0.6 is 0 Å². The van der Waals surface area contributed by atoms with E-state index in [4.69, 9.17) is 4.74 Å². The van der Waals surface area contributed by atoms with E-state index < -0.39 is 6.10 Å². The molecular formula is C18H37NO3. The van der Waals surface area contributed by atoms with Gasteiger partial charge in [-0.05, 0) is 6.42 Å². The Balaban J connectivity index is 3.21. The number of hydrogen-bond donors (Lipinski definition) is 1. The Morgan fingerprint density at radius 3 is 2.00 bits per heavy atom. The molecular weight excluding hydrogens is 278 g/mol. The zero-order valence-corrected chi connectivity index (χ0v) is 15.0. The van der Waals surface area contributed by atoms with Crippen molar-refractivity contribution in [3.05, 3.63) is 0 Å². The highest BCUT2D eigenvalue weighted by Crippen LogP contribution is 2.10. The normalized spacial score (nSPS) is 12.4. The number of rotatable bonds is 15. The number of aliphatic hydroxyl groups is 1. The van der Waals surface area contributed by atoms with Gasteiger partial charge in [-0.15, -0.1) is 0 Å². The van der Waals surface area contributed by atoms with Gasteiger partial charge in [0.1, 0.15) is 0 Å². The number of aliphatic hydroxyl groups excluding tert-OH is 1. The Bertz CT molecular complexity index is 259. The zero-order chi connectivity index (χ0) is 16.6. The molecule has 1 atom stereocenters.